The molecule has 0 atom stereocenters. The number of carbonyl (C=O) groups excluding carboxylic acids is 1. The van der Waals surface area contributed by atoms with Crippen LogP contribution in [-0.2, 0) is 11.3 Å². The Morgan fingerprint density at radius 1 is 1.21 bits per heavy atom. The van der Waals surface area contributed by atoms with Crippen LogP contribution in [0.2, 0.25) is 0 Å². The molecule has 0 aliphatic carbocycles. The quantitative estimate of drug-likeness (QED) is 0.789. The van der Waals surface area contributed by atoms with Gasteiger partial charge in [-0.1, -0.05) is 46.3 Å². The van der Waals surface area contributed by atoms with Gasteiger partial charge in [-0.05, 0) is 24.6 Å². The number of hydrogen-bond donors (Lipinski definition) is 0. The third-order valence-corrected chi connectivity index (χ3v) is 3.50. The maximum absolute atomic E-state index is 13.7. The van der Waals surface area contributed by atoms with E-state index in [4.69, 9.17) is 4.74 Å². The van der Waals surface area contributed by atoms with Crippen LogP contribution in [0.1, 0.15) is 21.5 Å². The van der Waals surface area contributed by atoms with Crippen LogP contribution < -0.4 is 0 Å². The number of halogens is 2. The molecule has 2 rings (SSSR count). The van der Waals surface area contributed by atoms with Crippen molar-refractivity contribution < 1.29 is 13.9 Å². The van der Waals surface area contributed by atoms with Crippen LogP contribution in [0.25, 0.3) is 0 Å². The maximum Gasteiger partial charge on any atom is 0.341 e. The first-order valence-electron chi connectivity index (χ1n) is 5.75. The van der Waals surface area contributed by atoms with E-state index in [2.05, 4.69) is 15.9 Å². The first kappa shape index (κ1) is 13.7. The highest BCUT2D eigenvalue weighted by molar-refractivity contribution is 9.10. The zero-order valence-electron chi connectivity index (χ0n) is 10.3. The Morgan fingerprint density at radius 2 is 1.95 bits per heavy atom. The van der Waals surface area contributed by atoms with Crippen LogP contribution in [0.15, 0.2) is 46.9 Å². The molecular weight excluding hydrogens is 311 g/mol. The van der Waals surface area contributed by atoms with Crippen LogP contribution in [0.5, 0.6) is 0 Å². The van der Waals surface area contributed by atoms with Gasteiger partial charge in [0.1, 0.15) is 12.4 Å². The largest absolute Gasteiger partial charge is 0.457 e. The molecule has 0 N–H and O–H groups in total. The monoisotopic (exact) mass is 322 g/mol. The number of hydrogen-bond acceptors (Lipinski definition) is 2. The van der Waals surface area contributed by atoms with Crippen LogP contribution in [0.4, 0.5) is 4.39 Å². The number of benzene rings is 2. The molecule has 98 valence electrons. The van der Waals surface area contributed by atoms with Gasteiger partial charge in [-0.3, -0.25) is 0 Å². The van der Waals surface area contributed by atoms with Crippen molar-refractivity contribution in [3.8, 4) is 0 Å². The van der Waals surface area contributed by atoms with E-state index in [-0.39, 0.29) is 12.2 Å². The van der Waals surface area contributed by atoms with Gasteiger partial charge in [0.25, 0.3) is 0 Å². The third-order valence-electron chi connectivity index (χ3n) is 2.73. The summed E-state index contributed by atoms with van der Waals surface area (Å²) in [5, 5.41) is 0. The molecule has 0 aliphatic rings. The second-order valence-electron chi connectivity index (χ2n) is 4.10. The predicted molar refractivity (Wildman–Crippen MR) is 74.4 cm³/mol. The molecule has 0 radical (unpaired) electrons. The molecule has 19 heavy (non-hydrogen) atoms. The zero-order chi connectivity index (χ0) is 13.8. The van der Waals surface area contributed by atoms with Crippen molar-refractivity contribution in [2.45, 2.75) is 13.5 Å². The number of ether oxygens (including phenoxy) is 1. The third kappa shape index (κ3) is 3.20. The molecule has 0 fully saturated rings. The van der Waals surface area contributed by atoms with Gasteiger partial charge < -0.3 is 4.74 Å². The lowest BCUT2D eigenvalue weighted by Crippen LogP contribution is -2.08. The van der Waals surface area contributed by atoms with E-state index in [1.54, 1.807) is 19.1 Å². The van der Waals surface area contributed by atoms with E-state index in [0.717, 1.165) is 10.0 Å². The molecule has 2 aromatic rings. The predicted octanol–water partition coefficient (Wildman–Crippen LogP) is 4.25. The van der Waals surface area contributed by atoms with Gasteiger partial charge in [0.2, 0.25) is 0 Å². The van der Waals surface area contributed by atoms with Gasteiger partial charge in [-0.25, -0.2) is 9.18 Å². The molecule has 4 heteroatoms. The summed E-state index contributed by atoms with van der Waals surface area (Å²) in [6.07, 6.45) is 0. The Kier molecular flexibility index (Phi) is 4.32. The van der Waals surface area contributed by atoms with E-state index in [1.165, 1.54) is 6.07 Å². The molecule has 0 amide bonds. The molecule has 0 saturated carbocycles. The van der Waals surface area contributed by atoms with Gasteiger partial charge in [-0.2, -0.15) is 0 Å². The van der Waals surface area contributed by atoms with Crippen LogP contribution in [-0.4, -0.2) is 5.97 Å². The Morgan fingerprint density at radius 3 is 2.68 bits per heavy atom. The summed E-state index contributed by atoms with van der Waals surface area (Å²) in [7, 11) is 0. The normalized spacial score (nSPS) is 10.3. The minimum Gasteiger partial charge on any atom is -0.457 e. The van der Waals surface area contributed by atoms with Crippen molar-refractivity contribution >= 4 is 21.9 Å². The molecule has 0 aliphatic heterocycles. The summed E-state index contributed by atoms with van der Waals surface area (Å²) >= 11 is 3.36. The first-order chi connectivity index (χ1) is 9.09. The minimum atomic E-state index is -0.656. The van der Waals surface area contributed by atoms with Crippen molar-refractivity contribution in [2.24, 2.45) is 0 Å². The lowest BCUT2D eigenvalue weighted by atomic mass is 10.1. The average molecular weight is 323 g/mol. The van der Waals surface area contributed by atoms with E-state index in [9.17, 15) is 9.18 Å². The van der Waals surface area contributed by atoms with Gasteiger partial charge in [0.05, 0.1) is 5.56 Å². The van der Waals surface area contributed by atoms with Gasteiger partial charge in [0, 0.05) is 10.0 Å². The summed E-state index contributed by atoms with van der Waals surface area (Å²) in [6, 6.07) is 12.1. The SMILES string of the molecule is Cc1cccc(C(=O)OCc2ccccc2Br)c1F. The second kappa shape index (κ2) is 5.97. The number of aryl methyl sites for hydroxylation is 1. The molecular formula is C15H12BrFO2. The summed E-state index contributed by atoms with van der Waals surface area (Å²) in [4.78, 5) is 11.8. The molecule has 0 bridgehead atoms. The number of rotatable bonds is 3. The van der Waals surface area contributed by atoms with Crippen molar-refractivity contribution in [2.75, 3.05) is 0 Å². The molecule has 2 nitrogen and oxygen atoms in total. The molecule has 0 heterocycles. The first-order valence-corrected chi connectivity index (χ1v) is 6.54. The summed E-state index contributed by atoms with van der Waals surface area (Å²) in [5.41, 5.74) is 1.23. The van der Waals surface area contributed by atoms with Crippen LogP contribution in [0.3, 0.4) is 0 Å². The fourth-order valence-corrected chi connectivity index (χ4v) is 2.04. The van der Waals surface area contributed by atoms with E-state index >= 15 is 0 Å². The van der Waals surface area contributed by atoms with E-state index < -0.39 is 11.8 Å². The van der Waals surface area contributed by atoms with Crippen molar-refractivity contribution in [1.29, 1.82) is 0 Å². The average Bonchev–Trinajstić information content (AvgIpc) is 2.40. The van der Waals surface area contributed by atoms with Gasteiger partial charge in [0.15, 0.2) is 0 Å². The van der Waals surface area contributed by atoms with Crippen molar-refractivity contribution in [1.82, 2.24) is 0 Å². The van der Waals surface area contributed by atoms with Crippen LogP contribution in [0, 0.1) is 12.7 Å². The van der Waals surface area contributed by atoms with Gasteiger partial charge >= 0.3 is 5.97 Å². The topological polar surface area (TPSA) is 26.3 Å². The Hall–Kier alpha value is -1.68. The molecule has 2 aromatic carbocycles. The van der Waals surface area contributed by atoms with Crippen molar-refractivity contribution in [3.63, 3.8) is 0 Å². The second-order valence-corrected chi connectivity index (χ2v) is 4.96. The van der Waals surface area contributed by atoms with Crippen LogP contribution >= 0.6 is 15.9 Å². The van der Waals surface area contributed by atoms with E-state index in [0.29, 0.717) is 5.56 Å². The molecule has 0 unspecified atom stereocenters. The lowest BCUT2D eigenvalue weighted by molar-refractivity contribution is 0.0466. The Labute approximate surface area is 119 Å². The van der Waals surface area contributed by atoms with E-state index in [1.807, 2.05) is 24.3 Å². The number of carbonyl (C=O) groups is 1. The summed E-state index contributed by atoms with van der Waals surface area (Å²) < 4.78 is 19.7. The summed E-state index contributed by atoms with van der Waals surface area (Å²) in [6.45, 7) is 1.72. The highest BCUT2D eigenvalue weighted by Gasteiger charge is 2.14. The fourth-order valence-electron chi connectivity index (χ4n) is 1.64. The Bertz CT molecular complexity index is 611. The smallest absolute Gasteiger partial charge is 0.341 e. The van der Waals surface area contributed by atoms with Crippen molar-refractivity contribution in [3.05, 3.63) is 69.4 Å². The highest BCUT2D eigenvalue weighted by Crippen LogP contribution is 2.18. The summed E-state index contributed by atoms with van der Waals surface area (Å²) in [5.74, 6) is -1.18. The standard InChI is InChI=1S/C15H12BrFO2/c1-10-5-4-7-12(14(10)17)15(18)19-9-11-6-2-3-8-13(11)16/h2-8H,9H2,1H3. The van der Waals surface area contributed by atoms with Gasteiger partial charge in [-0.15, -0.1) is 0 Å². The maximum atomic E-state index is 13.7. The fraction of sp³-hybridized carbons (Fsp3) is 0.133. The lowest BCUT2D eigenvalue weighted by Gasteiger charge is -2.08. The molecule has 0 aromatic heterocycles. The highest BCUT2D eigenvalue weighted by atomic mass is 79.9. The zero-order valence-corrected chi connectivity index (χ0v) is 11.9. The Balaban J connectivity index is 2.10. The molecule has 0 saturated heterocycles. The number of esters is 1. The minimum absolute atomic E-state index is 0.0351. The molecule has 0 spiro atoms.